The maximum Gasteiger partial charge on any atom is 0.417 e. The van der Waals surface area contributed by atoms with Crippen LogP contribution < -0.4 is 4.74 Å². The van der Waals surface area contributed by atoms with Crippen molar-refractivity contribution < 1.29 is 27.1 Å². The van der Waals surface area contributed by atoms with Crippen molar-refractivity contribution in [1.29, 1.82) is 0 Å². The number of para-hydroxylation sites is 1. The number of ether oxygens (including phenoxy) is 1. The molecule has 0 saturated carbocycles. The summed E-state index contributed by atoms with van der Waals surface area (Å²) in [6, 6.07) is 12.1. The highest BCUT2D eigenvalue weighted by Crippen LogP contribution is 2.30. The molecule has 0 unspecified atom stereocenters. The van der Waals surface area contributed by atoms with Crippen LogP contribution in [-0.4, -0.2) is 59.0 Å². The molecule has 2 aromatic heterocycles. The van der Waals surface area contributed by atoms with Gasteiger partial charge < -0.3 is 14.1 Å². The normalized spacial score (nSPS) is 19.0. The Morgan fingerprint density at radius 2 is 1.74 bits per heavy atom. The number of piperidine rings is 2. The first kappa shape index (κ1) is 22.7. The molecular weight excluding hydrogens is 447 g/mol. The molecule has 0 spiro atoms. The van der Waals surface area contributed by atoms with Crippen molar-refractivity contribution in [2.45, 2.75) is 44.0 Å². The van der Waals surface area contributed by atoms with Gasteiger partial charge in [-0.05, 0) is 43.9 Å². The van der Waals surface area contributed by atoms with Crippen molar-refractivity contribution >= 4 is 16.9 Å². The summed E-state index contributed by atoms with van der Waals surface area (Å²) in [5, 5.41) is 0.928. The Balaban J connectivity index is 1.09. The molecule has 5 rings (SSSR count). The van der Waals surface area contributed by atoms with Gasteiger partial charge in [-0.15, -0.1) is 0 Å². The summed E-state index contributed by atoms with van der Waals surface area (Å²) < 4.78 is 49.6. The average molecular weight is 473 g/mol. The van der Waals surface area contributed by atoms with Gasteiger partial charge in [0.15, 0.2) is 5.76 Å². The van der Waals surface area contributed by atoms with Crippen LogP contribution in [0.5, 0.6) is 5.88 Å². The highest BCUT2D eigenvalue weighted by molar-refractivity contribution is 5.96. The van der Waals surface area contributed by atoms with Gasteiger partial charge >= 0.3 is 6.18 Å². The van der Waals surface area contributed by atoms with Crippen LogP contribution >= 0.6 is 0 Å². The Kier molecular flexibility index (Phi) is 6.20. The number of carbonyl (C=O) groups is 1. The van der Waals surface area contributed by atoms with Gasteiger partial charge in [-0.2, -0.15) is 13.2 Å². The summed E-state index contributed by atoms with van der Waals surface area (Å²) >= 11 is 0. The van der Waals surface area contributed by atoms with Crippen LogP contribution in [0.4, 0.5) is 13.2 Å². The first-order valence-electron chi connectivity index (χ1n) is 11.6. The van der Waals surface area contributed by atoms with Crippen molar-refractivity contribution in [3.05, 3.63) is 60.0 Å². The van der Waals surface area contributed by atoms with Gasteiger partial charge in [0.2, 0.25) is 5.88 Å². The van der Waals surface area contributed by atoms with Gasteiger partial charge in [0.05, 0.1) is 5.56 Å². The van der Waals surface area contributed by atoms with E-state index in [1.165, 1.54) is 6.07 Å². The van der Waals surface area contributed by atoms with Crippen LogP contribution in [0.2, 0.25) is 0 Å². The largest absolute Gasteiger partial charge is 0.474 e. The maximum absolute atomic E-state index is 12.9. The number of hydrogen-bond acceptors (Lipinski definition) is 5. The van der Waals surface area contributed by atoms with E-state index in [2.05, 4.69) is 9.88 Å². The summed E-state index contributed by atoms with van der Waals surface area (Å²) in [7, 11) is 0. The first-order chi connectivity index (χ1) is 16.4. The maximum atomic E-state index is 12.9. The molecule has 1 aromatic carbocycles. The van der Waals surface area contributed by atoms with Gasteiger partial charge in [0.25, 0.3) is 5.91 Å². The molecule has 4 heterocycles. The Hall–Kier alpha value is -3.07. The van der Waals surface area contributed by atoms with Crippen LogP contribution in [0, 0.1) is 0 Å². The SMILES string of the molecule is O=C(c1cc2ccccc2o1)N1CCC(N2CCC(Oc3ccc(C(F)(F)F)cn3)CC2)CC1. The third kappa shape index (κ3) is 4.89. The molecule has 2 aliphatic rings. The minimum atomic E-state index is -4.40. The summed E-state index contributed by atoms with van der Waals surface area (Å²) in [5.74, 6) is 0.546. The van der Waals surface area contributed by atoms with Gasteiger partial charge in [0.1, 0.15) is 11.7 Å². The van der Waals surface area contributed by atoms with Crippen molar-refractivity contribution in [3.8, 4) is 5.88 Å². The highest BCUT2D eigenvalue weighted by atomic mass is 19.4. The lowest BCUT2D eigenvalue weighted by atomic mass is 9.98. The number of furan rings is 1. The van der Waals surface area contributed by atoms with Crippen molar-refractivity contribution in [3.63, 3.8) is 0 Å². The number of amides is 1. The van der Waals surface area contributed by atoms with E-state index >= 15 is 0 Å². The lowest BCUT2D eigenvalue weighted by Crippen LogP contribution is -2.50. The zero-order chi connectivity index (χ0) is 23.7. The molecule has 1 amide bonds. The smallest absolute Gasteiger partial charge is 0.417 e. The number of rotatable bonds is 4. The zero-order valence-corrected chi connectivity index (χ0v) is 18.6. The summed E-state index contributed by atoms with van der Waals surface area (Å²) in [6.07, 6.45) is -0.263. The molecule has 6 nitrogen and oxygen atoms in total. The monoisotopic (exact) mass is 473 g/mol. The van der Waals surface area contributed by atoms with E-state index in [1.807, 2.05) is 29.2 Å². The van der Waals surface area contributed by atoms with E-state index in [9.17, 15) is 18.0 Å². The van der Waals surface area contributed by atoms with Crippen molar-refractivity contribution in [1.82, 2.24) is 14.8 Å². The molecule has 2 saturated heterocycles. The van der Waals surface area contributed by atoms with Gasteiger partial charge in [-0.3, -0.25) is 9.69 Å². The molecule has 180 valence electrons. The van der Waals surface area contributed by atoms with Crippen molar-refractivity contribution in [2.75, 3.05) is 26.2 Å². The van der Waals surface area contributed by atoms with E-state index in [0.29, 0.717) is 24.9 Å². The number of likely N-dealkylation sites (tertiary alicyclic amines) is 2. The number of hydrogen-bond donors (Lipinski definition) is 0. The highest BCUT2D eigenvalue weighted by Gasteiger charge is 2.32. The molecule has 0 bridgehead atoms. The standard InChI is InChI=1S/C25H26F3N3O3/c26-25(27,28)18-5-6-23(29-16-18)33-20-9-13-30(14-10-20)19-7-11-31(12-8-19)24(32)22-15-17-3-1-2-4-21(17)34-22/h1-6,15-16,19-20H,7-14H2. The third-order valence-corrected chi connectivity index (χ3v) is 6.73. The van der Waals surface area contributed by atoms with Crippen LogP contribution in [0.25, 0.3) is 11.0 Å². The number of pyridine rings is 1. The second-order valence-electron chi connectivity index (χ2n) is 8.91. The molecule has 9 heteroatoms. The molecule has 0 aliphatic carbocycles. The number of fused-ring (bicyclic) bond motifs is 1. The Morgan fingerprint density at radius 3 is 2.38 bits per heavy atom. The van der Waals surface area contributed by atoms with Gasteiger partial charge in [-0.1, -0.05) is 18.2 Å². The van der Waals surface area contributed by atoms with E-state index in [1.54, 1.807) is 6.07 Å². The van der Waals surface area contributed by atoms with Crippen LogP contribution in [-0.2, 0) is 6.18 Å². The number of carbonyl (C=O) groups excluding carboxylic acids is 1. The number of halogens is 3. The zero-order valence-electron chi connectivity index (χ0n) is 18.6. The van der Waals surface area contributed by atoms with E-state index in [-0.39, 0.29) is 17.9 Å². The lowest BCUT2D eigenvalue weighted by Gasteiger charge is -2.41. The fraction of sp³-hybridized carbons (Fsp3) is 0.440. The quantitative estimate of drug-likeness (QED) is 0.534. The van der Waals surface area contributed by atoms with Gasteiger partial charge in [0, 0.05) is 49.9 Å². The topological polar surface area (TPSA) is 58.8 Å². The van der Waals surface area contributed by atoms with E-state index in [0.717, 1.165) is 62.0 Å². The second kappa shape index (κ2) is 9.29. The summed E-state index contributed by atoms with van der Waals surface area (Å²) in [6.45, 7) is 3.08. The predicted octanol–water partition coefficient (Wildman–Crippen LogP) is 4.99. The second-order valence-corrected chi connectivity index (χ2v) is 8.91. The number of aromatic nitrogens is 1. The molecule has 0 radical (unpaired) electrons. The molecule has 3 aromatic rings. The van der Waals surface area contributed by atoms with E-state index in [4.69, 9.17) is 9.15 Å². The molecule has 0 atom stereocenters. The first-order valence-corrected chi connectivity index (χ1v) is 11.6. The Labute approximate surface area is 195 Å². The van der Waals surface area contributed by atoms with Crippen LogP contribution in [0.3, 0.4) is 0 Å². The minimum Gasteiger partial charge on any atom is -0.474 e. The molecule has 34 heavy (non-hydrogen) atoms. The van der Waals surface area contributed by atoms with Crippen molar-refractivity contribution in [2.24, 2.45) is 0 Å². The van der Waals surface area contributed by atoms with Crippen LogP contribution in [0.15, 0.2) is 53.1 Å². The number of benzene rings is 1. The Morgan fingerprint density at radius 1 is 1.00 bits per heavy atom. The number of alkyl halides is 3. The van der Waals surface area contributed by atoms with Crippen LogP contribution in [0.1, 0.15) is 41.8 Å². The predicted molar refractivity (Wildman–Crippen MR) is 120 cm³/mol. The molecule has 2 aliphatic heterocycles. The fourth-order valence-electron chi connectivity index (χ4n) is 4.82. The number of nitrogens with zero attached hydrogens (tertiary/aromatic N) is 3. The molecule has 0 N–H and O–H groups in total. The molecule has 2 fully saturated rings. The lowest BCUT2D eigenvalue weighted by molar-refractivity contribution is -0.137. The third-order valence-electron chi connectivity index (χ3n) is 6.73. The Bertz CT molecular complexity index is 1100. The average Bonchev–Trinajstić information content (AvgIpc) is 3.28. The fourth-order valence-corrected chi connectivity index (χ4v) is 4.82. The summed E-state index contributed by atoms with van der Waals surface area (Å²) in [4.78, 5) is 21.0. The van der Waals surface area contributed by atoms with E-state index < -0.39 is 11.7 Å². The molecular formula is C25H26F3N3O3. The minimum absolute atomic E-state index is 0.0600. The van der Waals surface area contributed by atoms with Gasteiger partial charge in [-0.25, -0.2) is 4.98 Å². The summed E-state index contributed by atoms with van der Waals surface area (Å²) in [5.41, 5.74) is -0.0582.